The van der Waals surface area contributed by atoms with Crippen LogP contribution in [0.2, 0.25) is 0 Å². The van der Waals surface area contributed by atoms with Gasteiger partial charge < -0.3 is 9.72 Å². The molecule has 0 amide bonds. The minimum absolute atomic E-state index is 0.0777. The van der Waals surface area contributed by atoms with Crippen LogP contribution in [0.25, 0.3) is 16.5 Å². The first-order chi connectivity index (χ1) is 16.1. The summed E-state index contributed by atoms with van der Waals surface area (Å²) in [7, 11) is 0. The largest absolute Gasteiger partial charge is 0.380 e. The maximum Gasteiger partial charge on any atom is 0.162 e. The van der Waals surface area contributed by atoms with Gasteiger partial charge in [-0.2, -0.15) is 0 Å². The lowest BCUT2D eigenvalue weighted by Gasteiger charge is -2.35. The molecule has 5 heterocycles. The molecule has 6 heteroatoms. The zero-order valence-electron chi connectivity index (χ0n) is 20.0. The number of rotatable bonds is 4. The highest BCUT2D eigenvalue weighted by Gasteiger charge is 2.30. The number of nitrogens with zero attached hydrogens (tertiary/aromatic N) is 3. The Bertz CT molecular complexity index is 1130. The highest BCUT2D eigenvalue weighted by atomic mass is 16.5. The number of ether oxygens (including phenoxy) is 1. The summed E-state index contributed by atoms with van der Waals surface area (Å²) in [6.07, 6.45) is 10.0. The summed E-state index contributed by atoms with van der Waals surface area (Å²) in [5.74, 6) is 1.08. The van der Waals surface area contributed by atoms with Gasteiger partial charge in [0.05, 0.1) is 12.3 Å². The number of benzene rings is 1. The van der Waals surface area contributed by atoms with Crippen LogP contribution >= 0.6 is 0 Å². The van der Waals surface area contributed by atoms with Crippen molar-refractivity contribution in [2.45, 2.75) is 64.1 Å². The second-order valence-corrected chi connectivity index (χ2v) is 10.4. The number of aliphatic imine (C=N–C) groups is 1. The maximum atomic E-state index is 5.62. The third-order valence-corrected chi connectivity index (χ3v) is 7.91. The van der Waals surface area contributed by atoms with Crippen molar-refractivity contribution in [3.63, 3.8) is 0 Å². The normalized spacial score (nSPS) is 26.1. The second kappa shape index (κ2) is 8.33. The number of nitrogens with one attached hydrogen (secondary N) is 2. The van der Waals surface area contributed by atoms with Crippen molar-refractivity contribution in [3.05, 3.63) is 52.9 Å². The molecule has 1 aromatic carbocycles. The molecule has 4 aliphatic heterocycles. The third kappa shape index (κ3) is 3.69. The summed E-state index contributed by atoms with van der Waals surface area (Å²) in [4.78, 5) is 10.9. The van der Waals surface area contributed by atoms with E-state index >= 15 is 0 Å². The fraction of sp³-hybridized carbons (Fsp3) is 0.519. The monoisotopic (exact) mass is 445 g/mol. The van der Waals surface area contributed by atoms with Gasteiger partial charge in [-0.05, 0) is 86.0 Å². The van der Waals surface area contributed by atoms with E-state index in [1.165, 1.54) is 71.2 Å². The number of hydrazine groups is 1. The molecule has 0 spiro atoms. The fourth-order valence-electron chi connectivity index (χ4n) is 6.12. The van der Waals surface area contributed by atoms with Crippen LogP contribution in [-0.2, 0) is 4.74 Å². The predicted molar refractivity (Wildman–Crippen MR) is 134 cm³/mol. The summed E-state index contributed by atoms with van der Waals surface area (Å²) in [5, 5.41) is 3.47. The average Bonchev–Trinajstić information content (AvgIpc) is 3.58. The molecule has 0 aliphatic carbocycles. The van der Waals surface area contributed by atoms with Crippen molar-refractivity contribution in [2.75, 3.05) is 26.3 Å². The van der Waals surface area contributed by atoms with Gasteiger partial charge in [0.2, 0.25) is 0 Å². The molecule has 6 rings (SSSR count). The molecule has 6 nitrogen and oxygen atoms in total. The van der Waals surface area contributed by atoms with E-state index in [1.807, 2.05) is 0 Å². The van der Waals surface area contributed by atoms with E-state index in [4.69, 9.17) is 4.74 Å². The van der Waals surface area contributed by atoms with E-state index < -0.39 is 0 Å². The van der Waals surface area contributed by atoms with Crippen LogP contribution in [0.4, 0.5) is 0 Å². The molecular weight excluding hydrogens is 410 g/mol. The van der Waals surface area contributed by atoms with Crippen LogP contribution in [0.5, 0.6) is 0 Å². The quantitative estimate of drug-likeness (QED) is 0.714. The van der Waals surface area contributed by atoms with Crippen molar-refractivity contribution in [3.8, 4) is 0 Å². The standard InChI is InChI=1S/C27H35N5O/c1-17(2)25-23-13-20(19-6-9-31(10-7-19)22-8-11-33-15-22)4-5-24(23)30-26(25)21-12-18(3)27-28-16-29-32(27)14-21/h4-5,12-14,16-17,19,22,27,30H,6-11,15H2,1-3H3,(H,28,29). The van der Waals surface area contributed by atoms with Gasteiger partial charge >= 0.3 is 0 Å². The number of H-pyrrole nitrogens is 1. The SMILES string of the molecule is CC1=CC(c2[nH]c3ccc(C4CCN(C5CCOC5)CC4)cc3c2C(C)C)=CN2NC=NC12. The number of hydrogen-bond donors (Lipinski definition) is 2. The number of aromatic nitrogens is 1. The lowest BCUT2D eigenvalue weighted by atomic mass is 9.87. The van der Waals surface area contributed by atoms with Crippen LogP contribution in [0, 0.1) is 0 Å². The molecule has 33 heavy (non-hydrogen) atoms. The van der Waals surface area contributed by atoms with E-state index in [-0.39, 0.29) is 6.17 Å². The molecule has 2 unspecified atom stereocenters. The molecule has 0 bridgehead atoms. The summed E-state index contributed by atoms with van der Waals surface area (Å²) < 4.78 is 5.62. The lowest BCUT2D eigenvalue weighted by Crippen LogP contribution is -2.41. The maximum absolute atomic E-state index is 5.62. The van der Waals surface area contributed by atoms with Gasteiger partial charge in [0.25, 0.3) is 0 Å². The number of likely N-dealkylation sites (tertiary alicyclic amines) is 1. The molecule has 2 N–H and O–H groups in total. The van der Waals surface area contributed by atoms with E-state index in [2.05, 4.69) is 76.6 Å². The van der Waals surface area contributed by atoms with Crippen LogP contribution in [-0.4, -0.2) is 59.7 Å². The van der Waals surface area contributed by atoms with E-state index in [9.17, 15) is 0 Å². The summed E-state index contributed by atoms with van der Waals surface area (Å²) in [6.45, 7) is 11.0. The predicted octanol–water partition coefficient (Wildman–Crippen LogP) is 4.74. The fourth-order valence-corrected chi connectivity index (χ4v) is 6.12. The van der Waals surface area contributed by atoms with Gasteiger partial charge in [-0.25, -0.2) is 4.99 Å². The van der Waals surface area contributed by atoms with Crippen LogP contribution in [0.3, 0.4) is 0 Å². The van der Waals surface area contributed by atoms with Crippen molar-refractivity contribution >= 4 is 22.8 Å². The zero-order valence-corrected chi connectivity index (χ0v) is 20.0. The Labute approximate surface area is 196 Å². The summed E-state index contributed by atoms with van der Waals surface area (Å²) >= 11 is 0. The Morgan fingerprint density at radius 1 is 1.15 bits per heavy atom. The van der Waals surface area contributed by atoms with Gasteiger partial charge in [0.15, 0.2) is 6.17 Å². The number of piperidine rings is 1. The number of fused-ring (bicyclic) bond motifs is 2. The number of hydrogen-bond acceptors (Lipinski definition) is 5. The van der Waals surface area contributed by atoms with E-state index in [0.29, 0.717) is 17.9 Å². The van der Waals surface area contributed by atoms with Gasteiger partial charge in [-0.15, -0.1) is 0 Å². The van der Waals surface area contributed by atoms with Crippen molar-refractivity contribution in [2.24, 2.45) is 4.99 Å². The highest BCUT2D eigenvalue weighted by molar-refractivity contribution is 5.92. The first-order valence-electron chi connectivity index (χ1n) is 12.5. The lowest BCUT2D eigenvalue weighted by molar-refractivity contribution is 0.122. The molecule has 4 aliphatic rings. The van der Waals surface area contributed by atoms with Gasteiger partial charge in [0.1, 0.15) is 6.34 Å². The molecule has 2 saturated heterocycles. The van der Waals surface area contributed by atoms with Crippen LogP contribution in [0.15, 0.2) is 41.0 Å². The second-order valence-electron chi connectivity index (χ2n) is 10.4. The number of allylic oxidation sites excluding steroid dienone is 2. The Hall–Kier alpha value is -2.57. The molecular formula is C27H35N5O. The van der Waals surface area contributed by atoms with Gasteiger partial charge in [0, 0.05) is 35.3 Å². The number of aromatic amines is 1. The van der Waals surface area contributed by atoms with E-state index in [1.54, 1.807) is 6.34 Å². The molecule has 0 saturated carbocycles. The topological polar surface area (TPSA) is 55.9 Å². The Kier molecular flexibility index (Phi) is 5.30. The summed E-state index contributed by atoms with van der Waals surface area (Å²) in [5.41, 5.74) is 11.1. The first-order valence-corrected chi connectivity index (χ1v) is 12.5. The van der Waals surface area contributed by atoms with Crippen molar-refractivity contribution in [1.82, 2.24) is 20.3 Å². The average molecular weight is 446 g/mol. The Morgan fingerprint density at radius 2 is 2.00 bits per heavy atom. The molecule has 0 radical (unpaired) electrons. The van der Waals surface area contributed by atoms with Crippen LogP contribution < -0.4 is 5.43 Å². The first kappa shape index (κ1) is 21.0. The smallest absolute Gasteiger partial charge is 0.162 e. The van der Waals surface area contributed by atoms with Gasteiger partial charge in [-0.1, -0.05) is 19.9 Å². The van der Waals surface area contributed by atoms with Crippen molar-refractivity contribution < 1.29 is 4.74 Å². The molecule has 1 aromatic heterocycles. The van der Waals surface area contributed by atoms with Gasteiger partial charge in [-0.3, -0.25) is 15.3 Å². The summed E-state index contributed by atoms with van der Waals surface area (Å²) in [6, 6.07) is 7.78. The minimum Gasteiger partial charge on any atom is -0.380 e. The minimum atomic E-state index is 0.0777. The highest BCUT2D eigenvalue weighted by Crippen LogP contribution is 2.39. The Morgan fingerprint density at radius 3 is 2.76 bits per heavy atom. The van der Waals surface area contributed by atoms with Crippen LogP contribution in [0.1, 0.15) is 68.7 Å². The van der Waals surface area contributed by atoms with E-state index in [0.717, 1.165) is 13.2 Å². The molecule has 2 fully saturated rings. The molecule has 174 valence electrons. The molecule has 2 atom stereocenters. The third-order valence-electron chi connectivity index (χ3n) is 7.91. The van der Waals surface area contributed by atoms with Crippen molar-refractivity contribution in [1.29, 1.82) is 0 Å². The Balaban J connectivity index is 1.30. The molecule has 2 aromatic rings. The zero-order chi connectivity index (χ0) is 22.5.